The van der Waals surface area contributed by atoms with Crippen molar-refractivity contribution in [2.45, 2.75) is 13.3 Å². The number of halogens is 1. The molecule has 0 amide bonds. The molecule has 6 heteroatoms. The number of anilines is 2. The van der Waals surface area contributed by atoms with Gasteiger partial charge in [0.15, 0.2) is 0 Å². The van der Waals surface area contributed by atoms with E-state index < -0.39 is 0 Å². The third-order valence-electron chi connectivity index (χ3n) is 2.05. The first-order valence-electron chi connectivity index (χ1n) is 5.64. The van der Waals surface area contributed by atoms with Crippen molar-refractivity contribution in [3.63, 3.8) is 0 Å². The van der Waals surface area contributed by atoms with Crippen LogP contribution in [0.3, 0.4) is 0 Å². The molecule has 0 aliphatic rings. The molecule has 0 atom stereocenters. The van der Waals surface area contributed by atoms with E-state index in [-0.39, 0.29) is 11.3 Å². The highest BCUT2D eigenvalue weighted by molar-refractivity contribution is 6.28. The van der Waals surface area contributed by atoms with Crippen molar-refractivity contribution < 1.29 is 4.74 Å². The molecule has 2 aromatic rings. The van der Waals surface area contributed by atoms with E-state index in [0.29, 0.717) is 12.6 Å². The Labute approximate surface area is 110 Å². The smallest absolute Gasteiger partial charge is 0.322 e. The van der Waals surface area contributed by atoms with Crippen LogP contribution in [0.1, 0.15) is 13.3 Å². The van der Waals surface area contributed by atoms with Gasteiger partial charge >= 0.3 is 6.01 Å². The average Bonchev–Trinajstić information content (AvgIpc) is 2.37. The van der Waals surface area contributed by atoms with Gasteiger partial charge in [-0.05, 0) is 30.2 Å². The minimum atomic E-state index is 0.106. The number of rotatable bonds is 5. The van der Waals surface area contributed by atoms with E-state index in [1.807, 2.05) is 37.3 Å². The van der Waals surface area contributed by atoms with Crippen molar-refractivity contribution in [2.24, 2.45) is 0 Å². The van der Waals surface area contributed by atoms with Gasteiger partial charge in [-0.1, -0.05) is 25.1 Å². The van der Waals surface area contributed by atoms with Gasteiger partial charge in [0.05, 0.1) is 6.61 Å². The first-order valence-corrected chi connectivity index (χ1v) is 6.02. The van der Waals surface area contributed by atoms with Gasteiger partial charge < -0.3 is 10.1 Å². The van der Waals surface area contributed by atoms with Crippen LogP contribution in [0, 0.1) is 0 Å². The van der Waals surface area contributed by atoms with Crippen molar-refractivity contribution in [1.29, 1.82) is 0 Å². The van der Waals surface area contributed by atoms with Gasteiger partial charge in [-0.3, -0.25) is 0 Å². The molecular formula is C12H13ClN4O. The van der Waals surface area contributed by atoms with Gasteiger partial charge in [0.1, 0.15) is 0 Å². The van der Waals surface area contributed by atoms with Crippen molar-refractivity contribution in [3.8, 4) is 6.01 Å². The second-order valence-corrected chi connectivity index (χ2v) is 3.89. The highest BCUT2D eigenvalue weighted by Crippen LogP contribution is 2.16. The van der Waals surface area contributed by atoms with E-state index >= 15 is 0 Å². The Morgan fingerprint density at radius 3 is 2.67 bits per heavy atom. The molecule has 0 bridgehead atoms. The molecule has 1 heterocycles. The second-order valence-electron chi connectivity index (χ2n) is 3.55. The highest BCUT2D eigenvalue weighted by Gasteiger charge is 2.05. The lowest BCUT2D eigenvalue weighted by Crippen LogP contribution is -2.04. The number of nitrogens with one attached hydrogen (secondary N) is 1. The number of benzene rings is 1. The summed E-state index contributed by atoms with van der Waals surface area (Å²) in [4.78, 5) is 12.0. The topological polar surface area (TPSA) is 59.9 Å². The summed E-state index contributed by atoms with van der Waals surface area (Å²) in [6.07, 6.45) is 0.880. The molecule has 1 aromatic carbocycles. The predicted octanol–water partition coefficient (Wildman–Crippen LogP) is 3.06. The SMILES string of the molecule is CCCOc1nc(Cl)nc(Nc2ccccc2)n1. The fraction of sp³-hybridized carbons (Fsp3) is 0.250. The van der Waals surface area contributed by atoms with Gasteiger partial charge in [-0.2, -0.15) is 15.0 Å². The van der Waals surface area contributed by atoms with Gasteiger partial charge in [-0.25, -0.2) is 0 Å². The van der Waals surface area contributed by atoms with E-state index in [1.165, 1.54) is 0 Å². The highest BCUT2D eigenvalue weighted by atomic mass is 35.5. The fourth-order valence-corrected chi connectivity index (χ4v) is 1.45. The standard InChI is InChI=1S/C12H13ClN4O/c1-2-8-18-12-16-10(13)15-11(17-12)14-9-6-4-3-5-7-9/h3-7H,2,8H2,1H3,(H,14,15,16,17). The Morgan fingerprint density at radius 1 is 1.17 bits per heavy atom. The van der Waals surface area contributed by atoms with Crippen LogP contribution >= 0.6 is 11.6 Å². The minimum absolute atomic E-state index is 0.106. The Balaban J connectivity index is 2.15. The first kappa shape index (κ1) is 12.6. The molecule has 18 heavy (non-hydrogen) atoms. The van der Waals surface area contributed by atoms with Crippen molar-refractivity contribution in [3.05, 3.63) is 35.6 Å². The normalized spacial score (nSPS) is 10.1. The minimum Gasteiger partial charge on any atom is -0.463 e. The van der Waals surface area contributed by atoms with Gasteiger partial charge in [-0.15, -0.1) is 0 Å². The maximum Gasteiger partial charge on any atom is 0.322 e. The van der Waals surface area contributed by atoms with Gasteiger partial charge in [0, 0.05) is 5.69 Å². The van der Waals surface area contributed by atoms with E-state index in [0.717, 1.165) is 12.1 Å². The second kappa shape index (κ2) is 6.16. The fourth-order valence-electron chi connectivity index (χ4n) is 1.30. The van der Waals surface area contributed by atoms with Crippen LogP contribution in [0.2, 0.25) is 5.28 Å². The monoisotopic (exact) mass is 264 g/mol. The van der Waals surface area contributed by atoms with Crippen LogP contribution in [0.4, 0.5) is 11.6 Å². The maximum absolute atomic E-state index is 5.81. The molecule has 1 N–H and O–H groups in total. The number of ether oxygens (including phenoxy) is 1. The molecule has 0 aliphatic carbocycles. The van der Waals surface area contributed by atoms with Gasteiger partial charge in [0.25, 0.3) is 0 Å². The van der Waals surface area contributed by atoms with Crippen molar-refractivity contribution >= 4 is 23.2 Å². The summed E-state index contributed by atoms with van der Waals surface area (Å²) in [7, 11) is 0. The van der Waals surface area contributed by atoms with Gasteiger partial charge in [0.2, 0.25) is 11.2 Å². The van der Waals surface area contributed by atoms with E-state index in [1.54, 1.807) is 0 Å². The third-order valence-corrected chi connectivity index (χ3v) is 2.22. The zero-order valence-electron chi connectivity index (χ0n) is 9.93. The molecule has 0 saturated heterocycles. The molecule has 0 fully saturated rings. The molecule has 0 radical (unpaired) electrons. The maximum atomic E-state index is 5.81. The van der Waals surface area contributed by atoms with E-state index in [4.69, 9.17) is 16.3 Å². The summed E-state index contributed by atoms with van der Waals surface area (Å²) < 4.78 is 5.33. The largest absolute Gasteiger partial charge is 0.463 e. The van der Waals surface area contributed by atoms with Crippen LogP contribution in [-0.2, 0) is 0 Å². The van der Waals surface area contributed by atoms with Crippen molar-refractivity contribution in [1.82, 2.24) is 15.0 Å². The summed E-state index contributed by atoms with van der Waals surface area (Å²) in [6, 6.07) is 9.81. The number of nitrogens with zero attached hydrogens (tertiary/aromatic N) is 3. The summed E-state index contributed by atoms with van der Waals surface area (Å²) in [5.74, 6) is 0.368. The number of hydrogen-bond acceptors (Lipinski definition) is 5. The zero-order valence-corrected chi connectivity index (χ0v) is 10.7. The molecule has 1 aromatic heterocycles. The van der Waals surface area contributed by atoms with E-state index in [2.05, 4.69) is 20.3 Å². The zero-order chi connectivity index (χ0) is 12.8. The van der Waals surface area contributed by atoms with Crippen LogP contribution in [0.15, 0.2) is 30.3 Å². The summed E-state index contributed by atoms with van der Waals surface area (Å²) in [5.41, 5.74) is 0.876. The summed E-state index contributed by atoms with van der Waals surface area (Å²) >= 11 is 5.81. The van der Waals surface area contributed by atoms with Crippen LogP contribution < -0.4 is 10.1 Å². The molecule has 5 nitrogen and oxygen atoms in total. The lowest BCUT2D eigenvalue weighted by atomic mass is 10.3. The Morgan fingerprint density at radius 2 is 1.94 bits per heavy atom. The first-order chi connectivity index (χ1) is 8.78. The summed E-state index contributed by atoms with van der Waals surface area (Å²) in [5, 5.41) is 3.14. The molecule has 2 rings (SSSR count). The molecular weight excluding hydrogens is 252 g/mol. The number of hydrogen-bond donors (Lipinski definition) is 1. The molecule has 0 spiro atoms. The lowest BCUT2D eigenvalue weighted by Gasteiger charge is -2.07. The van der Waals surface area contributed by atoms with Crippen LogP contribution in [0.25, 0.3) is 0 Å². The number of aromatic nitrogens is 3. The van der Waals surface area contributed by atoms with Crippen LogP contribution in [-0.4, -0.2) is 21.6 Å². The molecule has 0 aliphatic heterocycles. The lowest BCUT2D eigenvalue weighted by molar-refractivity contribution is 0.292. The number of para-hydroxylation sites is 1. The Bertz CT molecular complexity index is 507. The third kappa shape index (κ3) is 3.56. The van der Waals surface area contributed by atoms with Crippen LogP contribution in [0.5, 0.6) is 6.01 Å². The quantitative estimate of drug-likeness (QED) is 0.899. The Kier molecular flexibility index (Phi) is 4.30. The van der Waals surface area contributed by atoms with E-state index in [9.17, 15) is 0 Å². The predicted molar refractivity (Wildman–Crippen MR) is 70.3 cm³/mol. The molecule has 0 unspecified atom stereocenters. The van der Waals surface area contributed by atoms with Crippen molar-refractivity contribution in [2.75, 3.05) is 11.9 Å². The average molecular weight is 265 g/mol. The Hall–Kier alpha value is -1.88. The molecule has 0 saturated carbocycles. The molecule has 94 valence electrons. The summed E-state index contributed by atoms with van der Waals surface area (Å²) in [6.45, 7) is 2.55.